The van der Waals surface area contributed by atoms with Gasteiger partial charge in [-0.1, -0.05) is 6.92 Å². The quantitative estimate of drug-likeness (QED) is 0.909. The number of anilines is 1. The van der Waals surface area contributed by atoms with Crippen molar-refractivity contribution in [3.05, 3.63) is 41.7 Å². The molecule has 0 bridgehead atoms. The third-order valence-electron chi connectivity index (χ3n) is 2.48. The Balaban J connectivity index is 2.46. The highest BCUT2D eigenvalue weighted by Gasteiger charge is 2.08. The summed E-state index contributed by atoms with van der Waals surface area (Å²) in [6.45, 7) is 2.00. The molecule has 0 atom stereocenters. The van der Waals surface area contributed by atoms with Crippen molar-refractivity contribution < 1.29 is 8.78 Å². The zero-order valence-corrected chi connectivity index (χ0v) is 9.95. The molecule has 0 spiro atoms. The highest BCUT2D eigenvalue weighted by Crippen LogP contribution is 2.21. The first-order valence-electron chi connectivity index (χ1n) is 5.69. The van der Waals surface area contributed by atoms with Crippen molar-refractivity contribution >= 4 is 5.82 Å². The van der Waals surface area contributed by atoms with E-state index in [0.29, 0.717) is 29.3 Å². The Kier molecular flexibility index (Phi) is 3.50. The smallest absolute Gasteiger partial charge is 0.159 e. The van der Waals surface area contributed by atoms with Crippen molar-refractivity contribution in [1.29, 1.82) is 0 Å². The van der Waals surface area contributed by atoms with E-state index in [-0.39, 0.29) is 0 Å². The van der Waals surface area contributed by atoms with Crippen LogP contribution in [-0.4, -0.2) is 9.97 Å². The van der Waals surface area contributed by atoms with Crippen LogP contribution in [0.4, 0.5) is 14.6 Å². The lowest BCUT2D eigenvalue weighted by atomic mass is 10.1. The molecule has 0 aliphatic heterocycles. The molecule has 18 heavy (non-hydrogen) atoms. The molecule has 0 aliphatic rings. The molecule has 2 aromatic rings. The standard InChI is InChI=1S/C13H13F2N3/c1-2-3-13-17-11(7-12(16)18-13)8-4-5-9(14)10(15)6-8/h4-7H,2-3H2,1H3,(H2,16,17,18). The minimum atomic E-state index is -0.901. The number of rotatable bonds is 3. The molecular formula is C13H13F2N3. The third kappa shape index (κ3) is 2.61. The lowest BCUT2D eigenvalue weighted by Gasteiger charge is -2.05. The molecule has 0 fully saturated rings. The van der Waals surface area contributed by atoms with E-state index in [2.05, 4.69) is 9.97 Å². The Labute approximate surface area is 104 Å². The number of nitrogens with zero attached hydrogens (tertiary/aromatic N) is 2. The van der Waals surface area contributed by atoms with Crippen LogP contribution in [0.15, 0.2) is 24.3 Å². The van der Waals surface area contributed by atoms with Gasteiger partial charge in [-0.25, -0.2) is 18.7 Å². The number of benzene rings is 1. The Morgan fingerprint density at radius 1 is 1.11 bits per heavy atom. The second-order valence-corrected chi connectivity index (χ2v) is 3.97. The summed E-state index contributed by atoms with van der Waals surface area (Å²) in [6, 6.07) is 5.19. The number of nitrogens with two attached hydrogens (primary N) is 1. The molecule has 1 aromatic heterocycles. The first kappa shape index (κ1) is 12.4. The summed E-state index contributed by atoms with van der Waals surface area (Å²) in [5.74, 6) is -0.846. The van der Waals surface area contributed by atoms with E-state index in [0.717, 1.165) is 18.6 Å². The molecule has 0 saturated carbocycles. The average molecular weight is 249 g/mol. The fourth-order valence-corrected chi connectivity index (χ4v) is 1.66. The van der Waals surface area contributed by atoms with Gasteiger partial charge in [-0.2, -0.15) is 0 Å². The van der Waals surface area contributed by atoms with Crippen LogP contribution in [0.25, 0.3) is 11.3 Å². The number of aromatic nitrogens is 2. The van der Waals surface area contributed by atoms with Crippen LogP contribution in [0, 0.1) is 11.6 Å². The summed E-state index contributed by atoms with van der Waals surface area (Å²) in [6.07, 6.45) is 1.59. The van der Waals surface area contributed by atoms with E-state index in [1.807, 2.05) is 6.92 Å². The Morgan fingerprint density at radius 2 is 1.89 bits per heavy atom. The highest BCUT2D eigenvalue weighted by molar-refractivity contribution is 5.61. The number of halogens is 2. The van der Waals surface area contributed by atoms with Crippen LogP contribution >= 0.6 is 0 Å². The molecule has 94 valence electrons. The van der Waals surface area contributed by atoms with Gasteiger partial charge < -0.3 is 5.73 Å². The van der Waals surface area contributed by atoms with Gasteiger partial charge in [-0.05, 0) is 24.6 Å². The molecule has 2 rings (SSSR count). The van der Waals surface area contributed by atoms with Gasteiger partial charge in [0.05, 0.1) is 5.69 Å². The van der Waals surface area contributed by atoms with E-state index >= 15 is 0 Å². The van der Waals surface area contributed by atoms with E-state index in [4.69, 9.17) is 5.73 Å². The third-order valence-corrected chi connectivity index (χ3v) is 2.48. The van der Waals surface area contributed by atoms with Gasteiger partial charge in [0.25, 0.3) is 0 Å². The minimum Gasteiger partial charge on any atom is -0.384 e. The van der Waals surface area contributed by atoms with Crippen LogP contribution in [0.3, 0.4) is 0 Å². The van der Waals surface area contributed by atoms with Gasteiger partial charge in [0.15, 0.2) is 11.6 Å². The summed E-state index contributed by atoms with van der Waals surface area (Å²) in [5, 5.41) is 0. The van der Waals surface area contributed by atoms with Crippen molar-refractivity contribution in [3.63, 3.8) is 0 Å². The van der Waals surface area contributed by atoms with E-state index in [1.54, 1.807) is 6.07 Å². The maximum absolute atomic E-state index is 13.2. The van der Waals surface area contributed by atoms with Crippen LogP contribution in [0.1, 0.15) is 19.2 Å². The van der Waals surface area contributed by atoms with Gasteiger partial charge >= 0.3 is 0 Å². The molecule has 0 saturated heterocycles. The molecule has 1 aromatic carbocycles. The predicted molar refractivity (Wildman–Crippen MR) is 65.8 cm³/mol. The van der Waals surface area contributed by atoms with Crippen LogP contribution in [0.2, 0.25) is 0 Å². The molecule has 0 unspecified atom stereocenters. The largest absolute Gasteiger partial charge is 0.384 e. The van der Waals surface area contributed by atoms with E-state index < -0.39 is 11.6 Å². The zero-order valence-electron chi connectivity index (χ0n) is 9.95. The Morgan fingerprint density at radius 3 is 2.56 bits per heavy atom. The van der Waals surface area contributed by atoms with Crippen molar-refractivity contribution in [1.82, 2.24) is 9.97 Å². The molecule has 3 nitrogen and oxygen atoms in total. The first-order valence-corrected chi connectivity index (χ1v) is 5.69. The van der Waals surface area contributed by atoms with Gasteiger partial charge in [0, 0.05) is 18.1 Å². The molecule has 2 N–H and O–H groups in total. The SMILES string of the molecule is CCCc1nc(N)cc(-c2ccc(F)c(F)c2)n1. The monoisotopic (exact) mass is 249 g/mol. The molecule has 0 amide bonds. The van der Waals surface area contributed by atoms with Crippen LogP contribution in [-0.2, 0) is 6.42 Å². The fourth-order valence-electron chi connectivity index (χ4n) is 1.66. The molecule has 5 heteroatoms. The predicted octanol–water partition coefficient (Wildman–Crippen LogP) is 2.96. The van der Waals surface area contributed by atoms with Gasteiger partial charge in [-0.3, -0.25) is 0 Å². The highest BCUT2D eigenvalue weighted by atomic mass is 19.2. The second kappa shape index (κ2) is 5.08. The van der Waals surface area contributed by atoms with Crippen molar-refractivity contribution in [2.45, 2.75) is 19.8 Å². The number of nitrogen functional groups attached to an aromatic ring is 1. The zero-order chi connectivity index (χ0) is 13.1. The number of aryl methyl sites for hydroxylation is 1. The van der Waals surface area contributed by atoms with Crippen molar-refractivity contribution in [2.75, 3.05) is 5.73 Å². The second-order valence-electron chi connectivity index (χ2n) is 3.97. The minimum absolute atomic E-state index is 0.327. The van der Waals surface area contributed by atoms with E-state index in [9.17, 15) is 8.78 Å². The normalized spacial score (nSPS) is 10.6. The van der Waals surface area contributed by atoms with E-state index in [1.165, 1.54) is 6.07 Å². The van der Waals surface area contributed by atoms with Crippen molar-refractivity contribution in [2.24, 2.45) is 0 Å². The molecule has 0 radical (unpaired) electrons. The van der Waals surface area contributed by atoms with Crippen LogP contribution < -0.4 is 5.73 Å². The maximum atomic E-state index is 13.2. The van der Waals surface area contributed by atoms with Gasteiger partial charge in [0.1, 0.15) is 11.6 Å². The van der Waals surface area contributed by atoms with Crippen molar-refractivity contribution in [3.8, 4) is 11.3 Å². The number of hydrogen-bond acceptors (Lipinski definition) is 3. The first-order chi connectivity index (χ1) is 8.60. The maximum Gasteiger partial charge on any atom is 0.159 e. The summed E-state index contributed by atoms with van der Waals surface area (Å²) < 4.78 is 26.0. The average Bonchev–Trinajstić information content (AvgIpc) is 2.32. The Hall–Kier alpha value is -2.04. The van der Waals surface area contributed by atoms with Crippen LogP contribution in [0.5, 0.6) is 0 Å². The molecular weight excluding hydrogens is 236 g/mol. The summed E-state index contributed by atoms with van der Waals surface area (Å²) in [5.41, 5.74) is 6.67. The number of hydrogen-bond donors (Lipinski definition) is 1. The van der Waals surface area contributed by atoms with Gasteiger partial charge in [0.2, 0.25) is 0 Å². The van der Waals surface area contributed by atoms with Gasteiger partial charge in [-0.15, -0.1) is 0 Å². The summed E-state index contributed by atoms with van der Waals surface area (Å²) in [7, 11) is 0. The molecule has 0 aliphatic carbocycles. The topological polar surface area (TPSA) is 51.8 Å². The lowest BCUT2D eigenvalue weighted by molar-refractivity contribution is 0.509. The Bertz CT molecular complexity index is 570. The molecule has 1 heterocycles. The lowest BCUT2D eigenvalue weighted by Crippen LogP contribution is -2.01. The summed E-state index contributed by atoms with van der Waals surface area (Å²) in [4.78, 5) is 8.37. The fraction of sp³-hybridized carbons (Fsp3) is 0.231. The summed E-state index contributed by atoms with van der Waals surface area (Å²) >= 11 is 0.